The summed E-state index contributed by atoms with van der Waals surface area (Å²) in [5.41, 5.74) is 0.407. The molecule has 2 N–H and O–H groups in total. The molecule has 0 saturated carbocycles. The van der Waals surface area contributed by atoms with Gasteiger partial charge in [-0.2, -0.15) is 0 Å². The van der Waals surface area contributed by atoms with Gasteiger partial charge in [0.1, 0.15) is 5.84 Å². The second kappa shape index (κ2) is 8.51. The van der Waals surface area contributed by atoms with Crippen LogP contribution in [0.5, 0.6) is 0 Å². The zero-order valence-corrected chi connectivity index (χ0v) is 16.7. The number of ether oxygens (including phenoxy) is 1. The number of nitrogens with one attached hydrogen (secondary N) is 2. The Morgan fingerprint density at radius 3 is 2.52 bits per heavy atom. The average molecular weight is 395 g/mol. The van der Waals surface area contributed by atoms with Gasteiger partial charge >= 0.3 is 5.97 Å². The number of fused-ring (bicyclic) bond motifs is 1. The van der Waals surface area contributed by atoms with Gasteiger partial charge in [0.15, 0.2) is 12.1 Å². The van der Waals surface area contributed by atoms with Crippen molar-refractivity contribution in [1.82, 2.24) is 10.0 Å². The first-order valence-electron chi connectivity index (χ1n) is 8.85. The summed E-state index contributed by atoms with van der Waals surface area (Å²) < 4.78 is 32.0. The van der Waals surface area contributed by atoms with E-state index >= 15 is 0 Å². The summed E-state index contributed by atoms with van der Waals surface area (Å²) in [6.07, 6.45) is -0.188. The number of amidine groups is 1. The third kappa shape index (κ3) is 4.85. The molecule has 0 fully saturated rings. The second-order valence-electron chi connectivity index (χ2n) is 6.64. The molecule has 0 saturated heterocycles. The van der Waals surface area contributed by atoms with Crippen LogP contribution in [0.1, 0.15) is 39.7 Å². The van der Waals surface area contributed by atoms with Crippen LogP contribution in [0.15, 0.2) is 34.2 Å². The van der Waals surface area contributed by atoms with E-state index < -0.39 is 28.1 Å². The number of hydrogen-bond donors (Lipinski definition) is 2. The minimum atomic E-state index is -3.70. The molecule has 0 aromatic heterocycles. The van der Waals surface area contributed by atoms with Crippen LogP contribution in [-0.2, 0) is 24.3 Å². The fourth-order valence-corrected chi connectivity index (χ4v) is 3.77. The van der Waals surface area contributed by atoms with Gasteiger partial charge in [-0.1, -0.05) is 32.9 Å². The lowest BCUT2D eigenvalue weighted by atomic mass is 10.0. The highest BCUT2D eigenvalue weighted by molar-refractivity contribution is 7.90. The topological polar surface area (TPSA) is 114 Å². The Hall–Kier alpha value is -2.42. The molecule has 1 aromatic carbocycles. The van der Waals surface area contributed by atoms with Gasteiger partial charge in [0.25, 0.3) is 15.9 Å². The molecule has 8 nitrogen and oxygen atoms in total. The summed E-state index contributed by atoms with van der Waals surface area (Å²) in [7, 11) is -3.70. The molecule has 0 aliphatic carbocycles. The highest BCUT2D eigenvalue weighted by Crippen LogP contribution is 2.23. The fourth-order valence-electron chi connectivity index (χ4n) is 2.53. The molecule has 1 aliphatic rings. The Morgan fingerprint density at radius 1 is 1.22 bits per heavy atom. The van der Waals surface area contributed by atoms with Crippen LogP contribution in [0.2, 0.25) is 0 Å². The van der Waals surface area contributed by atoms with Crippen LogP contribution in [-0.4, -0.2) is 44.8 Å². The summed E-state index contributed by atoms with van der Waals surface area (Å²) in [6, 6.07) is 5.46. The van der Waals surface area contributed by atoms with E-state index in [1.165, 1.54) is 13.0 Å². The van der Waals surface area contributed by atoms with E-state index in [0.717, 1.165) is 6.42 Å². The lowest BCUT2D eigenvalue weighted by Crippen LogP contribution is -2.39. The van der Waals surface area contributed by atoms with E-state index in [1.807, 2.05) is 6.92 Å². The molecule has 1 heterocycles. The summed E-state index contributed by atoms with van der Waals surface area (Å²) in [4.78, 5) is 28.9. The van der Waals surface area contributed by atoms with Gasteiger partial charge in [-0.25, -0.2) is 13.2 Å². The first kappa shape index (κ1) is 20.9. The molecule has 148 valence electrons. The van der Waals surface area contributed by atoms with Crippen LogP contribution in [0.3, 0.4) is 0 Å². The number of nitrogens with zero attached hydrogens (tertiary/aromatic N) is 1. The molecule has 0 unspecified atom stereocenters. The molecule has 2 atom stereocenters. The molecular formula is C18H25N3O5S. The van der Waals surface area contributed by atoms with Crippen molar-refractivity contribution in [2.45, 2.75) is 51.2 Å². The molecule has 27 heavy (non-hydrogen) atoms. The van der Waals surface area contributed by atoms with E-state index in [-0.39, 0.29) is 22.6 Å². The molecule has 2 rings (SSSR count). The lowest BCUT2D eigenvalue weighted by molar-refractivity contribution is -0.156. The fraction of sp³-hybridized carbons (Fsp3) is 0.500. The normalized spacial score (nSPS) is 18.5. The Morgan fingerprint density at radius 2 is 1.89 bits per heavy atom. The molecule has 0 spiro atoms. The van der Waals surface area contributed by atoms with Gasteiger partial charge in [-0.05, 0) is 31.4 Å². The van der Waals surface area contributed by atoms with E-state index in [0.29, 0.717) is 12.1 Å². The van der Waals surface area contributed by atoms with E-state index in [4.69, 9.17) is 4.74 Å². The number of sulfonamides is 1. The zero-order valence-electron chi connectivity index (χ0n) is 15.9. The number of benzene rings is 1. The summed E-state index contributed by atoms with van der Waals surface area (Å²) >= 11 is 0. The molecule has 1 aliphatic heterocycles. The summed E-state index contributed by atoms with van der Waals surface area (Å²) in [5, 5.41) is 2.66. The third-order valence-electron chi connectivity index (χ3n) is 4.02. The highest BCUT2D eigenvalue weighted by Gasteiger charge is 2.33. The Labute approximate surface area is 159 Å². The van der Waals surface area contributed by atoms with Crippen molar-refractivity contribution in [3.05, 3.63) is 29.8 Å². The first-order chi connectivity index (χ1) is 12.7. The monoisotopic (exact) mass is 395 g/mol. The minimum absolute atomic E-state index is 0.101. The van der Waals surface area contributed by atoms with Crippen molar-refractivity contribution >= 4 is 27.7 Å². The van der Waals surface area contributed by atoms with Crippen LogP contribution in [0.4, 0.5) is 0 Å². The van der Waals surface area contributed by atoms with E-state index in [2.05, 4.69) is 15.0 Å². The molecule has 1 amide bonds. The van der Waals surface area contributed by atoms with Gasteiger partial charge in [0, 0.05) is 12.1 Å². The molecular weight excluding hydrogens is 370 g/mol. The maximum atomic E-state index is 12.5. The van der Waals surface area contributed by atoms with Crippen molar-refractivity contribution in [2.24, 2.45) is 10.9 Å². The number of esters is 1. The van der Waals surface area contributed by atoms with E-state index in [1.54, 1.807) is 32.0 Å². The predicted molar refractivity (Wildman–Crippen MR) is 101 cm³/mol. The van der Waals surface area contributed by atoms with Crippen LogP contribution in [0, 0.1) is 5.92 Å². The SMILES string of the molecule is CCCNC(=O)[C@H](C)OC(=O)[C@@H](N=C1NS(=O)(=O)c2ccccc21)C(C)C. The highest BCUT2D eigenvalue weighted by atomic mass is 32.2. The molecule has 9 heteroatoms. The molecule has 1 aromatic rings. The zero-order chi connectivity index (χ0) is 20.2. The number of aliphatic imine (C=N–C) groups is 1. The summed E-state index contributed by atoms with van der Waals surface area (Å²) in [6.45, 7) is 7.44. The smallest absolute Gasteiger partial charge is 0.331 e. The first-order valence-corrected chi connectivity index (χ1v) is 10.3. The van der Waals surface area contributed by atoms with E-state index in [9.17, 15) is 18.0 Å². The molecule has 0 radical (unpaired) electrons. The van der Waals surface area contributed by atoms with Crippen molar-refractivity contribution in [3.8, 4) is 0 Å². The maximum Gasteiger partial charge on any atom is 0.331 e. The largest absolute Gasteiger partial charge is 0.451 e. The number of carbonyl (C=O) groups excluding carboxylic acids is 2. The quantitative estimate of drug-likeness (QED) is 0.674. The Kier molecular flexibility index (Phi) is 6.59. The van der Waals surface area contributed by atoms with Crippen molar-refractivity contribution in [3.63, 3.8) is 0 Å². The summed E-state index contributed by atoms with van der Waals surface area (Å²) in [5.74, 6) is -1.22. The number of carbonyl (C=O) groups is 2. The average Bonchev–Trinajstić information content (AvgIpc) is 2.87. The lowest BCUT2D eigenvalue weighted by Gasteiger charge is -2.19. The molecule has 0 bridgehead atoms. The maximum absolute atomic E-state index is 12.5. The van der Waals surface area contributed by atoms with Crippen molar-refractivity contribution < 1.29 is 22.7 Å². The Balaban J connectivity index is 2.22. The standard InChI is InChI=1S/C18H25N3O5S/c1-5-10-19-17(22)12(4)26-18(23)15(11(2)3)20-16-13-8-6-7-9-14(13)27(24,25)21-16/h6-9,11-12,15H,5,10H2,1-4H3,(H,19,22)(H,20,21)/t12-,15-/m0/s1. The van der Waals surface area contributed by atoms with Crippen LogP contribution in [0.25, 0.3) is 0 Å². The van der Waals surface area contributed by atoms with Gasteiger partial charge < -0.3 is 10.1 Å². The number of rotatable bonds is 7. The van der Waals surface area contributed by atoms with Crippen LogP contribution < -0.4 is 10.0 Å². The predicted octanol–water partition coefficient (Wildman–Crippen LogP) is 1.21. The van der Waals surface area contributed by atoms with Crippen molar-refractivity contribution in [2.75, 3.05) is 6.54 Å². The van der Waals surface area contributed by atoms with Crippen molar-refractivity contribution in [1.29, 1.82) is 0 Å². The van der Waals surface area contributed by atoms with Gasteiger partial charge in [-0.3, -0.25) is 14.5 Å². The Bertz CT molecular complexity index is 848. The minimum Gasteiger partial charge on any atom is -0.451 e. The van der Waals surface area contributed by atoms with Crippen LogP contribution >= 0.6 is 0 Å². The van der Waals surface area contributed by atoms with Gasteiger partial charge in [0.2, 0.25) is 0 Å². The number of amides is 1. The van der Waals surface area contributed by atoms with Gasteiger partial charge in [-0.15, -0.1) is 0 Å². The number of hydrogen-bond acceptors (Lipinski definition) is 6. The van der Waals surface area contributed by atoms with Gasteiger partial charge in [0.05, 0.1) is 4.90 Å². The second-order valence-corrected chi connectivity index (χ2v) is 8.29. The third-order valence-corrected chi connectivity index (χ3v) is 5.41.